The van der Waals surface area contributed by atoms with E-state index in [1.165, 1.54) is 0 Å². The second-order valence-electron chi connectivity index (χ2n) is 7.98. The van der Waals surface area contributed by atoms with Crippen molar-refractivity contribution in [2.75, 3.05) is 25.1 Å². The van der Waals surface area contributed by atoms with E-state index in [1.807, 2.05) is 0 Å². The normalized spacial score (nSPS) is 11.6. The maximum Gasteiger partial charge on any atom is 0.407 e. The maximum absolute atomic E-state index is 13.2. The van der Waals surface area contributed by atoms with E-state index >= 15 is 0 Å². The Morgan fingerprint density at radius 3 is 2.67 bits per heavy atom. The van der Waals surface area contributed by atoms with Crippen molar-refractivity contribution >= 4 is 29.4 Å². The minimum absolute atomic E-state index is 0.0750. The van der Waals surface area contributed by atoms with Gasteiger partial charge in [-0.3, -0.25) is 0 Å². The standard InChI is InChI=1S/C23H29ClFN3O5/c1-5-31-21(29)20-17(9-10-26-20)27-13-16-7-6-8-18(19(16)24)32-14-15(11-25)12-28-22(30)33-23(2,3)4/h6-11,26-27H,5,12-14H2,1-4H3,(H,28,30)/b15-11+. The Morgan fingerprint density at radius 2 is 2.00 bits per heavy atom. The molecule has 1 aromatic heterocycles. The second kappa shape index (κ2) is 12.2. The first-order valence-electron chi connectivity index (χ1n) is 10.4. The van der Waals surface area contributed by atoms with Crippen molar-refractivity contribution in [3.8, 4) is 5.75 Å². The molecule has 0 saturated heterocycles. The summed E-state index contributed by atoms with van der Waals surface area (Å²) in [5, 5.41) is 5.96. The number of carbonyl (C=O) groups is 2. The van der Waals surface area contributed by atoms with Crippen LogP contribution in [0.1, 0.15) is 43.7 Å². The van der Waals surface area contributed by atoms with Gasteiger partial charge in [0, 0.05) is 24.9 Å². The van der Waals surface area contributed by atoms with Crippen LogP contribution < -0.4 is 15.4 Å². The Bertz CT molecular complexity index is 985. The quantitative estimate of drug-likeness (QED) is 0.402. The van der Waals surface area contributed by atoms with Crippen LogP contribution in [0.5, 0.6) is 5.75 Å². The number of esters is 1. The third kappa shape index (κ3) is 8.34. The van der Waals surface area contributed by atoms with E-state index in [4.69, 9.17) is 25.8 Å². The summed E-state index contributed by atoms with van der Waals surface area (Å²) < 4.78 is 29.0. The van der Waals surface area contributed by atoms with Gasteiger partial charge in [-0.1, -0.05) is 23.7 Å². The minimum atomic E-state index is -0.653. The molecule has 3 N–H and O–H groups in total. The maximum atomic E-state index is 13.2. The van der Waals surface area contributed by atoms with Gasteiger partial charge in [-0.2, -0.15) is 0 Å². The van der Waals surface area contributed by atoms with Gasteiger partial charge in [0.2, 0.25) is 0 Å². The Balaban J connectivity index is 1.95. The van der Waals surface area contributed by atoms with Crippen molar-refractivity contribution in [2.45, 2.75) is 39.8 Å². The molecule has 33 heavy (non-hydrogen) atoms. The fraction of sp³-hybridized carbons (Fsp3) is 0.391. The Labute approximate surface area is 197 Å². The van der Waals surface area contributed by atoms with Crippen LogP contribution in [0.2, 0.25) is 5.02 Å². The summed E-state index contributed by atoms with van der Waals surface area (Å²) in [6.45, 7) is 7.33. The van der Waals surface area contributed by atoms with Crippen LogP contribution in [0.4, 0.5) is 14.9 Å². The van der Waals surface area contributed by atoms with Gasteiger partial charge in [-0.15, -0.1) is 0 Å². The fourth-order valence-corrected chi connectivity index (χ4v) is 2.92. The number of aromatic nitrogens is 1. The molecule has 0 bridgehead atoms. The molecule has 10 heteroatoms. The topological polar surface area (TPSA) is 102 Å². The van der Waals surface area contributed by atoms with E-state index < -0.39 is 17.7 Å². The Hall–Kier alpha value is -3.20. The highest BCUT2D eigenvalue weighted by atomic mass is 35.5. The number of anilines is 1. The summed E-state index contributed by atoms with van der Waals surface area (Å²) in [7, 11) is 0. The number of amides is 1. The zero-order valence-corrected chi connectivity index (χ0v) is 19.8. The van der Waals surface area contributed by atoms with Crippen LogP contribution >= 0.6 is 11.6 Å². The molecule has 1 aromatic carbocycles. The molecule has 0 spiro atoms. The number of ether oxygens (including phenoxy) is 3. The lowest BCUT2D eigenvalue weighted by atomic mass is 10.2. The first-order chi connectivity index (χ1) is 15.6. The van der Waals surface area contributed by atoms with Crippen molar-refractivity contribution in [2.24, 2.45) is 0 Å². The lowest BCUT2D eigenvalue weighted by Gasteiger charge is -2.20. The number of carbonyl (C=O) groups excluding carboxylic acids is 2. The third-order valence-corrected chi connectivity index (χ3v) is 4.59. The van der Waals surface area contributed by atoms with E-state index in [9.17, 15) is 14.0 Å². The molecule has 0 aliphatic rings. The molecule has 1 amide bonds. The molecule has 0 fully saturated rings. The molecule has 8 nitrogen and oxygen atoms in total. The first-order valence-corrected chi connectivity index (χ1v) is 10.8. The number of H-pyrrole nitrogens is 1. The summed E-state index contributed by atoms with van der Waals surface area (Å²) in [4.78, 5) is 26.6. The highest BCUT2D eigenvalue weighted by Gasteiger charge is 2.17. The van der Waals surface area contributed by atoms with Gasteiger partial charge in [-0.25, -0.2) is 14.0 Å². The van der Waals surface area contributed by atoms with E-state index in [1.54, 1.807) is 58.2 Å². The summed E-state index contributed by atoms with van der Waals surface area (Å²) in [5.74, 6) is -0.106. The lowest BCUT2D eigenvalue weighted by Crippen LogP contribution is -2.34. The van der Waals surface area contributed by atoms with Gasteiger partial charge in [0.1, 0.15) is 23.7 Å². The van der Waals surface area contributed by atoms with Gasteiger partial charge >= 0.3 is 12.1 Å². The molecule has 0 aliphatic heterocycles. The lowest BCUT2D eigenvalue weighted by molar-refractivity contribution is 0.0515. The average molecular weight is 482 g/mol. The molecule has 0 radical (unpaired) electrons. The van der Waals surface area contributed by atoms with Crippen molar-refractivity contribution < 1.29 is 28.2 Å². The number of hydrogen-bond acceptors (Lipinski definition) is 6. The van der Waals surface area contributed by atoms with Gasteiger partial charge in [0.15, 0.2) is 0 Å². The predicted octanol–water partition coefficient (Wildman–Crippen LogP) is 5.21. The van der Waals surface area contributed by atoms with Crippen LogP contribution in [0.3, 0.4) is 0 Å². The summed E-state index contributed by atoms with van der Waals surface area (Å²) in [6, 6.07) is 6.92. The van der Waals surface area contributed by atoms with E-state index in [0.29, 0.717) is 40.6 Å². The number of aromatic amines is 1. The Kier molecular flexibility index (Phi) is 9.59. The number of alkyl carbamates (subject to hydrolysis) is 1. The van der Waals surface area contributed by atoms with Gasteiger partial charge in [0.25, 0.3) is 0 Å². The van der Waals surface area contributed by atoms with E-state index in [2.05, 4.69) is 15.6 Å². The van der Waals surface area contributed by atoms with Crippen LogP contribution in [-0.2, 0) is 16.0 Å². The van der Waals surface area contributed by atoms with Crippen LogP contribution in [0, 0.1) is 0 Å². The summed E-state index contributed by atoms with van der Waals surface area (Å²) in [5.41, 5.74) is 1.15. The first kappa shape index (κ1) is 26.1. The van der Waals surface area contributed by atoms with Gasteiger partial charge < -0.3 is 29.8 Å². The highest BCUT2D eigenvalue weighted by Crippen LogP contribution is 2.29. The second-order valence-corrected chi connectivity index (χ2v) is 8.36. The third-order valence-electron chi connectivity index (χ3n) is 4.17. The van der Waals surface area contributed by atoms with E-state index in [-0.39, 0.29) is 25.3 Å². The number of halogens is 2. The monoisotopic (exact) mass is 481 g/mol. The molecule has 2 aromatic rings. The van der Waals surface area contributed by atoms with Gasteiger partial charge in [0.05, 0.1) is 23.6 Å². The summed E-state index contributed by atoms with van der Waals surface area (Å²) >= 11 is 6.46. The van der Waals surface area contributed by atoms with Crippen molar-refractivity contribution in [1.29, 1.82) is 0 Å². The molecule has 2 rings (SSSR count). The molecule has 1 heterocycles. The van der Waals surface area contributed by atoms with Crippen molar-refractivity contribution in [1.82, 2.24) is 10.3 Å². The molecule has 0 unspecified atom stereocenters. The molecule has 0 atom stereocenters. The smallest absolute Gasteiger partial charge is 0.407 e. The number of rotatable bonds is 10. The minimum Gasteiger partial charge on any atom is -0.488 e. The SMILES string of the molecule is CCOC(=O)c1[nH]ccc1NCc1cccc(OC/C(=C/F)CNC(=O)OC(C)(C)C)c1Cl. The highest BCUT2D eigenvalue weighted by molar-refractivity contribution is 6.32. The number of nitrogens with one attached hydrogen (secondary N) is 3. The molecule has 0 aliphatic carbocycles. The zero-order valence-electron chi connectivity index (χ0n) is 19.1. The largest absolute Gasteiger partial charge is 0.488 e. The predicted molar refractivity (Wildman–Crippen MR) is 124 cm³/mol. The average Bonchev–Trinajstić information content (AvgIpc) is 3.21. The zero-order chi connectivity index (χ0) is 24.4. The molecular formula is C23H29ClFN3O5. The molecule has 0 saturated carbocycles. The molecular weight excluding hydrogens is 453 g/mol. The van der Waals surface area contributed by atoms with E-state index in [0.717, 1.165) is 0 Å². The van der Waals surface area contributed by atoms with Crippen LogP contribution in [0.25, 0.3) is 0 Å². The van der Waals surface area contributed by atoms with Crippen molar-refractivity contribution in [3.63, 3.8) is 0 Å². The molecule has 180 valence electrons. The number of hydrogen-bond donors (Lipinski definition) is 3. The van der Waals surface area contributed by atoms with Gasteiger partial charge in [-0.05, 0) is 45.4 Å². The van der Waals surface area contributed by atoms with Crippen molar-refractivity contribution in [3.05, 3.63) is 58.6 Å². The Morgan fingerprint density at radius 1 is 1.24 bits per heavy atom. The number of benzene rings is 1. The summed E-state index contributed by atoms with van der Waals surface area (Å²) in [6.07, 6.45) is 1.35. The fourth-order valence-electron chi connectivity index (χ4n) is 2.67. The van der Waals surface area contributed by atoms with Crippen LogP contribution in [-0.4, -0.2) is 42.4 Å². The van der Waals surface area contributed by atoms with Crippen LogP contribution in [0.15, 0.2) is 42.4 Å².